The highest BCUT2D eigenvalue weighted by Crippen LogP contribution is 2.21. The Morgan fingerprint density at radius 2 is 2.21 bits per heavy atom. The average Bonchev–Trinajstić information content (AvgIpc) is 2.93. The zero-order valence-electron chi connectivity index (χ0n) is 11.4. The van der Waals surface area contributed by atoms with Gasteiger partial charge >= 0.3 is 0 Å². The molecule has 1 aromatic rings. The van der Waals surface area contributed by atoms with Crippen LogP contribution in [0, 0.1) is 0 Å². The summed E-state index contributed by atoms with van der Waals surface area (Å²) in [5, 5.41) is 3.36. The molecule has 1 aliphatic heterocycles. The summed E-state index contributed by atoms with van der Waals surface area (Å²) in [5.41, 5.74) is 1.21. The van der Waals surface area contributed by atoms with Crippen LogP contribution in [-0.2, 0) is 9.47 Å². The van der Waals surface area contributed by atoms with Gasteiger partial charge in [0.25, 0.3) is 0 Å². The minimum Gasteiger partial charge on any atom is -0.376 e. The van der Waals surface area contributed by atoms with Crippen LogP contribution in [0.5, 0.6) is 0 Å². The molecule has 1 fully saturated rings. The van der Waals surface area contributed by atoms with Crippen LogP contribution in [0.2, 0.25) is 0 Å². The van der Waals surface area contributed by atoms with Crippen LogP contribution < -0.4 is 5.32 Å². The van der Waals surface area contributed by atoms with E-state index in [1.54, 1.807) is 0 Å². The summed E-state index contributed by atoms with van der Waals surface area (Å²) in [6, 6.07) is 8.34. The standard InChI is InChI=1S/C15H22BrNO2/c1-2-17-10-15(12-5-7-13(16)8-6-12)19-11-14-4-3-9-18-14/h5-8,14-15,17H,2-4,9-11H2,1H3. The molecule has 106 valence electrons. The highest BCUT2D eigenvalue weighted by Gasteiger charge is 2.19. The van der Waals surface area contributed by atoms with E-state index in [1.807, 2.05) is 0 Å². The lowest BCUT2D eigenvalue weighted by molar-refractivity contribution is -0.0208. The molecule has 2 unspecified atom stereocenters. The maximum atomic E-state index is 6.05. The zero-order valence-corrected chi connectivity index (χ0v) is 13.0. The lowest BCUT2D eigenvalue weighted by Gasteiger charge is -2.21. The van der Waals surface area contributed by atoms with Gasteiger partial charge in [-0.3, -0.25) is 0 Å². The number of hydrogen-bond donors (Lipinski definition) is 1. The fourth-order valence-electron chi connectivity index (χ4n) is 2.23. The highest BCUT2D eigenvalue weighted by molar-refractivity contribution is 9.10. The SMILES string of the molecule is CCNCC(OCC1CCCO1)c1ccc(Br)cc1. The second-order valence-electron chi connectivity index (χ2n) is 4.82. The first-order valence-electron chi connectivity index (χ1n) is 6.99. The smallest absolute Gasteiger partial charge is 0.0950 e. The molecule has 1 heterocycles. The van der Waals surface area contributed by atoms with Crippen LogP contribution in [0.4, 0.5) is 0 Å². The van der Waals surface area contributed by atoms with Crippen LogP contribution in [0.3, 0.4) is 0 Å². The Bertz CT molecular complexity index is 363. The van der Waals surface area contributed by atoms with Gasteiger partial charge < -0.3 is 14.8 Å². The molecule has 3 nitrogen and oxygen atoms in total. The third-order valence-corrected chi connectivity index (χ3v) is 3.86. The minimum absolute atomic E-state index is 0.0947. The maximum absolute atomic E-state index is 6.05. The second-order valence-corrected chi connectivity index (χ2v) is 5.73. The van der Waals surface area contributed by atoms with Crippen molar-refractivity contribution in [2.45, 2.75) is 32.0 Å². The van der Waals surface area contributed by atoms with Gasteiger partial charge in [-0.15, -0.1) is 0 Å². The van der Waals surface area contributed by atoms with E-state index in [9.17, 15) is 0 Å². The van der Waals surface area contributed by atoms with Crippen molar-refractivity contribution in [1.82, 2.24) is 5.32 Å². The number of nitrogens with one attached hydrogen (secondary N) is 1. The molecular formula is C15H22BrNO2. The van der Waals surface area contributed by atoms with Crippen LogP contribution >= 0.6 is 15.9 Å². The fourth-order valence-corrected chi connectivity index (χ4v) is 2.49. The van der Waals surface area contributed by atoms with E-state index in [2.05, 4.69) is 52.4 Å². The molecule has 2 rings (SSSR count). The lowest BCUT2D eigenvalue weighted by atomic mass is 10.1. The van der Waals surface area contributed by atoms with Crippen molar-refractivity contribution >= 4 is 15.9 Å². The van der Waals surface area contributed by atoms with Gasteiger partial charge in [-0.05, 0) is 37.1 Å². The number of halogens is 1. The fraction of sp³-hybridized carbons (Fsp3) is 0.600. The molecule has 0 aliphatic carbocycles. The van der Waals surface area contributed by atoms with Gasteiger partial charge in [0.15, 0.2) is 0 Å². The van der Waals surface area contributed by atoms with E-state index >= 15 is 0 Å². The molecule has 1 aromatic carbocycles. The number of hydrogen-bond acceptors (Lipinski definition) is 3. The van der Waals surface area contributed by atoms with Crippen molar-refractivity contribution in [3.8, 4) is 0 Å². The van der Waals surface area contributed by atoms with Crippen LogP contribution in [0.1, 0.15) is 31.4 Å². The Morgan fingerprint density at radius 3 is 2.84 bits per heavy atom. The predicted molar refractivity (Wildman–Crippen MR) is 80.4 cm³/mol. The molecule has 0 spiro atoms. The molecule has 4 heteroatoms. The molecule has 2 atom stereocenters. The zero-order chi connectivity index (χ0) is 13.5. The molecule has 1 N–H and O–H groups in total. The molecule has 0 bridgehead atoms. The molecule has 0 amide bonds. The molecule has 0 aromatic heterocycles. The van der Waals surface area contributed by atoms with Crippen molar-refractivity contribution < 1.29 is 9.47 Å². The van der Waals surface area contributed by atoms with Crippen molar-refractivity contribution in [1.29, 1.82) is 0 Å². The van der Waals surface area contributed by atoms with Gasteiger partial charge in [0.2, 0.25) is 0 Å². The number of likely N-dealkylation sites (N-methyl/N-ethyl adjacent to an activating group) is 1. The van der Waals surface area contributed by atoms with Crippen molar-refractivity contribution in [3.05, 3.63) is 34.3 Å². The second kappa shape index (κ2) is 8.00. The normalized spacial score (nSPS) is 20.6. The Balaban J connectivity index is 1.91. The first-order valence-corrected chi connectivity index (χ1v) is 7.78. The van der Waals surface area contributed by atoms with E-state index in [0.717, 1.165) is 37.0 Å². The molecule has 1 saturated heterocycles. The Labute approximate surface area is 123 Å². The predicted octanol–water partition coefficient (Wildman–Crippen LogP) is 3.30. The molecule has 1 aliphatic rings. The summed E-state index contributed by atoms with van der Waals surface area (Å²) < 4.78 is 12.8. The van der Waals surface area contributed by atoms with Crippen molar-refractivity contribution in [3.63, 3.8) is 0 Å². The number of benzene rings is 1. The molecule has 0 radical (unpaired) electrons. The van der Waals surface area contributed by atoms with Gasteiger partial charge in [-0.1, -0.05) is 35.0 Å². The van der Waals surface area contributed by atoms with Gasteiger partial charge in [-0.25, -0.2) is 0 Å². The number of ether oxygens (including phenoxy) is 2. The Kier molecular flexibility index (Phi) is 6.31. The van der Waals surface area contributed by atoms with Crippen molar-refractivity contribution in [2.24, 2.45) is 0 Å². The molecular weight excluding hydrogens is 306 g/mol. The van der Waals surface area contributed by atoms with Gasteiger partial charge in [-0.2, -0.15) is 0 Å². The number of rotatable bonds is 7. The van der Waals surface area contributed by atoms with E-state index in [4.69, 9.17) is 9.47 Å². The summed E-state index contributed by atoms with van der Waals surface area (Å²) in [4.78, 5) is 0. The highest BCUT2D eigenvalue weighted by atomic mass is 79.9. The summed E-state index contributed by atoms with van der Waals surface area (Å²) in [6.45, 7) is 5.47. The van der Waals surface area contributed by atoms with Crippen LogP contribution in [-0.4, -0.2) is 32.4 Å². The summed E-state index contributed by atoms with van der Waals surface area (Å²) in [6.07, 6.45) is 2.65. The van der Waals surface area contributed by atoms with Gasteiger partial charge in [0, 0.05) is 17.6 Å². The molecule has 0 saturated carbocycles. The first-order chi connectivity index (χ1) is 9.29. The minimum atomic E-state index is 0.0947. The lowest BCUT2D eigenvalue weighted by Crippen LogP contribution is -2.26. The quantitative estimate of drug-likeness (QED) is 0.833. The van der Waals surface area contributed by atoms with E-state index < -0.39 is 0 Å². The van der Waals surface area contributed by atoms with Gasteiger partial charge in [0.05, 0.1) is 18.8 Å². The van der Waals surface area contributed by atoms with Crippen LogP contribution in [0.25, 0.3) is 0 Å². The average molecular weight is 328 g/mol. The maximum Gasteiger partial charge on any atom is 0.0950 e. The Morgan fingerprint density at radius 1 is 1.42 bits per heavy atom. The summed E-state index contributed by atoms with van der Waals surface area (Å²) >= 11 is 3.46. The van der Waals surface area contributed by atoms with Gasteiger partial charge in [0.1, 0.15) is 0 Å². The Hall–Kier alpha value is -0.420. The topological polar surface area (TPSA) is 30.5 Å². The largest absolute Gasteiger partial charge is 0.376 e. The van der Waals surface area contributed by atoms with Crippen LogP contribution in [0.15, 0.2) is 28.7 Å². The third kappa shape index (κ3) is 4.88. The monoisotopic (exact) mass is 327 g/mol. The summed E-state index contributed by atoms with van der Waals surface area (Å²) in [7, 11) is 0. The molecule has 19 heavy (non-hydrogen) atoms. The first kappa shape index (κ1) is 15.0. The van der Waals surface area contributed by atoms with Crippen molar-refractivity contribution in [2.75, 3.05) is 26.3 Å². The van der Waals surface area contributed by atoms with E-state index in [-0.39, 0.29) is 12.2 Å². The third-order valence-electron chi connectivity index (χ3n) is 3.33. The van der Waals surface area contributed by atoms with E-state index in [1.165, 1.54) is 5.56 Å². The summed E-state index contributed by atoms with van der Waals surface area (Å²) in [5.74, 6) is 0. The van der Waals surface area contributed by atoms with E-state index in [0.29, 0.717) is 6.61 Å².